The molecule has 0 amide bonds. The van der Waals surface area contributed by atoms with Crippen LogP contribution < -0.4 is 0 Å². The van der Waals surface area contributed by atoms with E-state index in [2.05, 4.69) is 0 Å². The van der Waals surface area contributed by atoms with E-state index in [1.807, 2.05) is 0 Å². The van der Waals surface area contributed by atoms with Gasteiger partial charge >= 0.3 is 5.97 Å². The van der Waals surface area contributed by atoms with Crippen molar-refractivity contribution in [3.8, 4) is 0 Å². The molecule has 3 atom stereocenters. The molecule has 1 heterocycles. The molecule has 2 nitrogen and oxygen atoms in total. The normalized spacial score (nSPS) is 45.3. The predicted octanol–water partition coefficient (Wildman–Crippen LogP) is 1.32. The number of hydrogen-bond donors (Lipinski definition) is 0. The lowest BCUT2D eigenvalue weighted by Crippen LogP contribution is -2.23. The molecule has 1 aliphatic heterocycles. The molecule has 1 aliphatic carbocycles. The van der Waals surface area contributed by atoms with E-state index >= 15 is 0 Å². The van der Waals surface area contributed by atoms with Gasteiger partial charge in [-0.25, -0.2) is 0 Å². The van der Waals surface area contributed by atoms with Crippen LogP contribution in [0, 0.1) is 5.92 Å². The fourth-order valence-electron chi connectivity index (χ4n) is 1.67. The van der Waals surface area contributed by atoms with Crippen LogP contribution in [0.1, 0.15) is 19.3 Å². The minimum atomic E-state index is -0.0341. The number of rotatable bonds is 0. The lowest BCUT2D eigenvalue weighted by molar-refractivity contribution is -0.143. The quantitative estimate of drug-likeness (QED) is 0.395. The van der Waals surface area contributed by atoms with Crippen molar-refractivity contribution >= 4 is 17.6 Å². The number of carbonyl (C=O) groups is 1. The van der Waals surface area contributed by atoms with Crippen LogP contribution in [0.25, 0.3) is 0 Å². The molecule has 3 heteroatoms. The third kappa shape index (κ3) is 0.823. The number of alkyl halides is 1. The van der Waals surface area contributed by atoms with E-state index < -0.39 is 0 Å². The molecule has 2 fully saturated rings. The van der Waals surface area contributed by atoms with E-state index in [9.17, 15) is 4.79 Å². The number of ether oxygens (including phenoxy) is 1. The maximum absolute atomic E-state index is 10.9. The van der Waals surface area contributed by atoms with E-state index in [1.165, 1.54) is 0 Å². The minimum absolute atomic E-state index is 0.0212. The van der Waals surface area contributed by atoms with Crippen molar-refractivity contribution in [3.05, 3.63) is 0 Å². The molecule has 2 aliphatic rings. The Kier molecular flexibility index (Phi) is 1.37. The molecule has 1 saturated heterocycles. The Labute approximate surface area is 64.5 Å². The van der Waals surface area contributed by atoms with Crippen LogP contribution in [0.4, 0.5) is 0 Å². The summed E-state index contributed by atoms with van der Waals surface area (Å²) in [6.45, 7) is 0. The molecule has 10 heavy (non-hydrogen) atoms. The third-order valence-electron chi connectivity index (χ3n) is 2.31. The lowest BCUT2D eigenvalue weighted by Gasteiger charge is -2.19. The van der Waals surface area contributed by atoms with Crippen molar-refractivity contribution in [1.29, 1.82) is 0 Å². The summed E-state index contributed by atoms with van der Waals surface area (Å²) in [6.07, 6.45) is 2.73. The van der Waals surface area contributed by atoms with Gasteiger partial charge < -0.3 is 4.74 Å². The highest BCUT2D eigenvalue weighted by Crippen LogP contribution is 2.36. The maximum atomic E-state index is 10.9. The highest BCUT2D eigenvalue weighted by atomic mass is 35.5. The van der Waals surface area contributed by atoms with Crippen LogP contribution in [0.3, 0.4) is 0 Å². The standard InChI is InChI=1S/C7H9ClO2/c8-5-2-1-4-3-6(5)10-7(4)9/h4-6H,1-3H2/t4-,5-,6-/m1/s1. The summed E-state index contributed by atoms with van der Waals surface area (Å²) in [6, 6.07) is 0. The van der Waals surface area contributed by atoms with Crippen molar-refractivity contribution in [2.75, 3.05) is 0 Å². The molecule has 2 rings (SSSR count). The summed E-state index contributed by atoms with van der Waals surface area (Å²) in [4.78, 5) is 10.9. The molecule has 0 aromatic rings. The van der Waals surface area contributed by atoms with Crippen LogP contribution >= 0.6 is 11.6 Å². The SMILES string of the molecule is O=C1O[C@@H]2C[C@H]1CC[C@H]2Cl. The molecule has 0 radical (unpaired) electrons. The molecule has 2 bridgehead atoms. The first-order valence-corrected chi connectivity index (χ1v) is 4.05. The molecule has 0 aromatic carbocycles. The van der Waals surface area contributed by atoms with Crippen LogP contribution in [0.5, 0.6) is 0 Å². The van der Waals surface area contributed by atoms with Crippen molar-refractivity contribution in [2.45, 2.75) is 30.7 Å². The molecular weight excluding hydrogens is 152 g/mol. The summed E-state index contributed by atoms with van der Waals surface area (Å²) >= 11 is 5.90. The second kappa shape index (κ2) is 2.12. The van der Waals surface area contributed by atoms with Gasteiger partial charge in [-0.2, -0.15) is 0 Å². The monoisotopic (exact) mass is 160 g/mol. The molecule has 56 valence electrons. The first-order valence-electron chi connectivity index (χ1n) is 3.62. The van der Waals surface area contributed by atoms with Crippen LogP contribution in [0.2, 0.25) is 0 Å². The highest BCUT2D eigenvalue weighted by Gasteiger charge is 2.42. The van der Waals surface area contributed by atoms with Gasteiger partial charge in [0.1, 0.15) is 6.10 Å². The lowest BCUT2D eigenvalue weighted by atomic mass is 9.90. The van der Waals surface area contributed by atoms with Gasteiger partial charge in [-0.15, -0.1) is 11.6 Å². The smallest absolute Gasteiger partial charge is 0.309 e. The van der Waals surface area contributed by atoms with E-state index in [0.717, 1.165) is 19.3 Å². The summed E-state index contributed by atoms with van der Waals surface area (Å²) in [7, 11) is 0. The van der Waals surface area contributed by atoms with Gasteiger partial charge in [0.05, 0.1) is 11.3 Å². The van der Waals surface area contributed by atoms with Crippen LogP contribution in [0.15, 0.2) is 0 Å². The van der Waals surface area contributed by atoms with Gasteiger partial charge in [-0.1, -0.05) is 0 Å². The Morgan fingerprint density at radius 1 is 1.50 bits per heavy atom. The van der Waals surface area contributed by atoms with Crippen molar-refractivity contribution in [1.82, 2.24) is 0 Å². The van der Waals surface area contributed by atoms with Gasteiger partial charge in [0, 0.05) is 0 Å². The summed E-state index contributed by atoms with van der Waals surface area (Å²) in [5, 5.41) is 0.0719. The number of fused-ring (bicyclic) bond motifs is 2. The topological polar surface area (TPSA) is 26.3 Å². The second-order valence-electron chi connectivity index (χ2n) is 3.00. The zero-order valence-electron chi connectivity index (χ0n) is 5.55. The summed E-state index contributed by atoms with van der Waals surface area (Å²) in [5.41, 5.74) is 0. The Bertz CT molecular complexity index is 169. The fourth-order valence-corrected chi connectivity index (χ4v) is 1.95. The first kappa shape index (κ1) is 6.47. The zero-order valence-corrected chi connectivity index (χ0v) is 6.30. The highest BCUT2D eigenvalue weighted by molar-refractivity contribution is 6.21. The number of esters is 1. The second-order valence-corrected chi connectivity index (χ2v) is 3.56. The van der Waals surface area contributed by atoms with Crippen LogP contribution in [-0.2, 0) is 9.53 Å². The largest absolute Gasteiger partial charge is 0.461 e. The molecule has 0 N–H and O–H groups in total. The summed E-state index contributed by atoms with van der Waals surface area (Å²) in [5.74, 6) is 0.133. The Morgan fingerprint density at radius 3 is 3.00 bits per heavy atom. The van der Waals surface area contributed by atoms with Gasteiger partial charge in [0.15, 0.2) is 0 Å². The van der Waals surface area contributed by atoms with Gasteiger partial charge in [0.25, 0.3) is 0 Å². The third-order valence-corrected chi connectivity index (χ3v) is 2.81. The first-order chi connectivity index (χ1) is 4.77. The summed E-state index contributed by atoms with van der Waals surface area (Å²) < 4.78 is 5.03. The minimum Gasteiger partial charge on any atom is -0.461 e. The van der Waals surface area contributed by atoms with Crippen molar-refractivity contribution in [2.24, 2.45) is 5.92 Å². The van der Waals surface area contributed by atoms with Gasteiger partial charge in [-0.3, -0.25) is 4.79 Å². The van der Waals surface area contributed by atoms with E-state index in [4.69, 9.17) is 16.3 Å². The number of halogens is 1. The Morgan fingerprint density at radius 2 is 2.30 bits per heavy atom. The molecule has 1 saturated carbocycles. The van der Waals surface area contributed by atoms with Crippen molar-refractivity contribution < 1.29 is 9.53 Å². The van der Waals surface area contributed by atoms with E-state index in [0.29, 0.717) is 0 Å². The van der Waals surface area contributed by atoms with Crippen LogP contribution in [-0.4, -0.2) is 17.5 Å². The fraction of sp³-hybridized carbons (Fsp3) is 0.857. The van der Waals surface area contributed by atoms with Gasteiger partial charge in [-0.05, 0) is 19.3 Å². The zero-order chi connectivity index (χ0) is 7.14. The van der Waals surface area contributed by atoms with E-state index in [-0.39, 0.29) is 23.4 Å². The average molecular weight is 161 g/mol. The average Bonchev–Trinajstić information content (AvgIpc) is 2.21. The van der Waals surface area contributed by atoms with Gasteiger partial charge in [0.2, 0.25) is 0 Å². The predicted molar refractivity (Wildman–Crippen MR) is 36.9 cm³/mol. The van der Waals surface area contributed by atoms with Crippen molar-refractivity contribution in [3.63, 3.8) is 0 Å². The maximum Gasteiger partial charge on any atom is 0.309 e. The van der Waals surface area contributed by atoms with E-state index in [1.54, 1.807) is 0 Å². The molecule has 0 unspecified atom stereocenters. The Balaban J connectivity index is 2.15. The molecule has 0 aromatic heterocycles. The number of carbonyl (C=O) groups excluding carboxylic acids is 1. The molecule has 0 spiro atoms. The number of hydrogen-bond acceptors (Lipinski definition) is 2. The Hall–Kier alpha value is -0.240. The molecular formula is C7H9ClO2.